The molecule has 0 radical (unpaired) electrons. The van der Waals surface area contributed by atoms with Gasteiger partial charge in [0.1, 0.15) is 23.9 Å². The van der Waals surface area contributed by atoms with Crippen molar-refractivity contribution in [2.75, 3.05) is 26.5 Å². The molecule has 0 saturated carbocycles. The van der Waals surface area contributed by atoms with Gasteiger partial charge in [0, 0.05) is 6.42 Å². The summed E-state index contributed by atoms with van der Waals surface area (Å²) in [5.74, 6) is 2.74. The van der Waals surface area contributed by atoms with Gasteiger partial charge in [0.25, 0.3) is 0 Å². The van der Waals surface area contributed by atoms with Crippen LogP contribution >= 0.6 is 0 Å². The fourth-order valence-corrected chi connectivity index (χ4v) is 3.15. The molecule has 208 valence electrons. The van der Waals surface area contributed by atoms with Gasteiger partial charge >= 0.3 is 0 Å². The van der Waals surface area contributed by atoms with Gasteiger partial charge in [-0.1, -0.05) is 44.2 Å². The molecule has 0 atom stereocenters. The van der Waals surface area contributed by atoms with Gasteiger partial charge < -0.3 is 14.2 Å². The molecule has 0 spiro atoms. The van der Waals surface area contributed by atoms with Crippen LogP contribution in [0, 0.1) is 41.5 Å². The minimum Gasteiger partial charge on any atom is -0.494 e. The zero-order valence-electron chi connectivity index (χ0n) is 24.5. The zero-order valence-corrected chi connectivity index (χ0v) is 24.5. The Morgan fingerprint density at radius 3 is 1.34 bits per heavy atom. The van der Waals surface area contributed by atoms with Crippen LogP contribution in [0.4, 0.5) is 4.39 Å². The Morgan fingerprint density at radius 1 is 0.605 bits per heavy atom. The van der Waals surface area contributed by atoms with Crippen molar-refractivity contribution in [3.63, 3.8) is 0 Å². The molecule has 0 N–H and O–H groups in total. The predicted octanol–water partition coefficient (Wildman–Crippen LogP) is 9.39. The lowest BCUT2D eigenvalue weighted by Crippen LogP contribution is -1.98. The molecule has 0 bridgehead atoms. The Bertz CT molecular complexity index is 1030. The number of benzene rings is 3. The maximum absolute atomic E-state index is 11.8. The van der Waals surface area contributed by atoms with Gasteiger partial charge in [-0.05, 0) is 118 Å². The van der Waals surface area contributed by atoms with E-state index < -0.39 is 0 Å². The number of hydrogen-bond donors (Lipinski definition) is 0. The molecule has 0 aliphatic heterocycles. The number of hydrogen-bond acceptors (Lipinski definition) is 3. The van der Waals surface area contributed by atoms with Crippen LogP contribution in [0.2, 0.25) is 0 Å². The summed E-state index contributed by atoms with van der Waals surface area (Å²) in [7, 11) is 0. The van der Waals surface area contributed by atoms with E-state index in [2.05, 4.69) is 66.3 Å². The molecule has 0 saturated heterocycles. The van der Waals surface area contributed by atoms with Crippen LogP contribution in [0.25, 0.3) is 0 Å². The fourth-order valence-electron chi connectivity index (χ4n) is 3.15. The van der Waals surface area contributed by atoms with E-state index in [-0.39, 0.29) is 6.67 Å². The first kappa shape index (κ1) is 32.8. The molecule has 0 unspecified atom stereocenters. The molecule has 0 amide bonds. The molecule has 3 nitrogen and oxygen atoms in total. The van der Waals surface area contributed by atoms with Crippen molar-refractivity contribution < 1.29 is 18.6 Å². The van der Waals surface area contributed by atoms with Crippen LogP contribution in [0.1, 0.15) is 59.6 Å². The monoisotopic (exact) mass is 522 g/mol. The maximum atomic E-state index is 11.8. The standard InChI is InChI=1S/C12H18O.C11H15FO.C11H14O/c1-4-5-8-13-12-7-6-10(2)11(3)9-12;1-9-4-5-11(8-10(9)2)13-7-3-6-12;1-4-7-12-11-6-5-9(2)10(3)8-11/h6-7,9H,4-5,8H2,1-3H3;4-5,8H,3,6-7H2,1-2H3;4-6,8H,1,7H2,2-3H3. The van der Waals surface area contributed by atoms with Crippen molar-refractivity contribution in [3.8, 4) is 17.2 Å². The van der Waals surface area contributed by atoms with Crippen LogP contribution in [-0.4, -0.2) is 26.5 Å². The summed E-state index contributed by atoms with van der Waals surface area (Å²) in [5, 5.41) is 0. The molecule has 0 aromatic heterocycles. The van der Waals surface area contributed by atoms with Crippen molar-refractivity contribution in [3.05, 3.63) is 101 Å². The van der Waals surface area contributed by atoms with Crippen LogP contribution in [0.5, 0.6) is 17.2 Å². The zero-order chi connectivity index (χ0) is 28.3. The van der Waals surface area contributed by atoms with Crippen molar-refractivity contribution >= 4 is 0 Å². The third-order valence-electron chi connectivity index (χ3n) is 6.12. The lowest BCUT2D eigenvalue weighted by atomic mass is 10.1. The molecule has 0 heterocycles. The van der Waals surface area contributed by atoms with Gasteiger partial charge in [0.05, 0.1) is 19.9 Å². The van der Waals surface area contributed by atoms with Crippen LogP contribution in [0.15, 0.2) is 67.3 Å². The Hall–Kier alpha value is -3.27. The first-order valence-corrected chi connectivity index (χ1v) is 13.5. The average molecular weight is 523 g/mol. The molecular formula is C34H47FO3. The van der Waals surface area contributed by atoms with Gasteiger partial charge in [-0.2, -0.15) is 0 Å². The highest BCUT2D eigenvalue weighted by atomic mass is 19.1. The van der Waals surface area contributed by atoms with Crippen LogP contribution in [0.3, 0.4) is 0 Å². The molecule has 3 aromatic carbocycles. The van der Waals surface area contributed by atoms with E-state index >= 15 is 0 Å². The lowest BCUT2D eigenvalue weighted by Gasteiger charge is -2.07. The summed E-state index contributed by atoms with van der Waals surface area (Å²) in [4.78, 5) is 0. The second-order valence-electron chi connectivity index (χ2n) is 9.43. The van der Waals surface area contributed by atoms with Gasteiger partial charge in [-0.3, -0.25) is 4.39 Å². The first-order chi connectivity index (χ1) is 18.2. The molecule has 38 heavy (non-hydrogen) atoms. The molecule has 0 fully saturated rings. The largest absolute Gasteiger partial charge is 0.494 e. The smallest absolute Gasteiger partial charge is 0.120 e. The maximum Gasteiger partial charge on any atom is 0.120 e. The third kappa shape index (κ3) is 13.3. The quantitative estimate of drug-likeness (QED) is 0.185. The number of rotatable bonds is 11. The molecular weight excluding hydrogens is 475 g/mol. The van der Waals surface area contributed by atoms with E-state index in [1.54, 1.807) is 6.08 Å². The van der Waals surface area contributed by atoms with E-state index in [4.69, 9.17) is 14.2 Å². The second-order valence-corrected chi connectivity index (χ2v) is 9.43. The summed E-state index contributed by atoms with van der Waals surface area (Å²) in [6, 6.07) is 18.2. The molecule has 0 aliphatic carbocycles. The Kier molecular flexibility index (Phi) is 16.3. The van der Waals surface area contributed by atoms with Crippen LogP contribution < -0.4 is 14.2 Å². The highest BCUT2D eigenvalue weighted by Crippen LogP contribution is 2.18. The van der Waals surface area contributed by atoms with Crippen LogP contribution in [-0.2, 0) is 0 Å². The first-order valence-electron chi connectivity index (χ1n) is 13.5. The van der Waals surface area contributed by atoms with Gasteiger partial charge in [-0.15, -0.1) is 0 Å². The van der Waals surface area contributed by atoms with E-state index in [9.17, 15) is 4.39 Å². The third-order valence-corrected chi connectivity index (χ3v) is 6.12. The topological polar surface area (TPSA) is 27.7 Å². The highest BCUT2D eigenvalue weighted by Gasteiger charge is 1.98. The fraction of sp³-hybridized carbons (Fsp3) is 0.412. The number of halogens is 1. The van der Waals surface area contributed by atoms with Gasteiger partial charge in [-0.25, -0.2) is 0 Å². The highest BCUT2D eigenvalue weighted by molar-refractivity contribution is 5.35. The molecule has 3 aromatic rings. The molecule has 3 rings (SSSR count). The number of aryl methyl sites for hydroxylation is 6. The van der Waals surface area contributed by atoms with Gasteiger partial charge in [0.15, 0.2) is 0 Å². The van der Waals surface area contributed by atoms with E-state index in [0.717, 1.165) is 30.3 Å². The van der Waals surface area contributed by atoms with Crippen molar-refractivity contribution in [1.82, 2.24) is 0 Å². The summed E-state index contributed by atoms with van der Waals surface area (Å²) in [6.45, 7) is 19.8. The Morgan fingerprint density at radius 2 is 1.00 bits per heavy atom. The predicted molar refractivity (Wildman–Crippen MR) is 160 cm³/mol. The normalized spacial score (nSPS) is 9.89. The molecule has 4 heteroatoms. The summed E-state index contributed by atoms with van der Waals surface area (Å²) in [6.07, 6.45) is 4.53. The minimum atomic E-state index is -0.315. The van der Waals surface area contributed by atoms with Crippen molar-refractivity contribution in [1.29, 1.82) is 0 Å². The molecule has 0 aliphatic rings. The number of ether oxygens (including phenoxy) is 3. The summed E-state index contributed by atoms with van der Waals surface area (Å²) < 4.78 is 28.1. The Balaban J connectivity index is 0.000000285. The van der Waals surface area contributed by atoms with E-state index in [1.165, 1.54) is 39.8 Å². The lowest BCUT2D eigenvalue weighted by molar-refractivity contribution is 0.289. The summed E-state index contributed by atoms with van der Waals surface area (Å²) in [5.41, 5.74) is 7.63. The number of alkyl halides is 1. The van der Waals surface area contributed by atoms with Crippen molar-refractivity contribution in [2.45, 2.75) is 67.7 Å². The minimum absolute atomic E-state index is 0.315. The summed E-state index contributed by atoms with van der Waals surface area (Å²) >= 11 is 0. The average Bonchev–Trinajstić information content (AvgIpc) is 2.90. The number of unbranched alkanes of at least 4 members (excludes halogenated alkanes) is 1. The van der Waals surface area contributed by atoms with E-state index in [0.29, 0.717) is 19.6 Å². The Labute approximate surface area is 230 Å². The van der Waals surface area contributed by atoms with Crippen molar-refractivity contribution in [2.24, 2.45) is 0 Å². The van der Waals surface area contributed by atoms with E-state index in [1.807, 2.05) is 43.3 Å². The SMILES string of the molecule is C=CCOc1ccc(C)c(C)c1.CCCCOc1ccc(C)c(C)c1.Cc1ccc(OCCCF)cc1C. The van der Waals surface area contributed by atoms with Gasteiger partial charge in [0.2, 0.25) is 0 Å². The second kappa shape index (κ2) is 18.9.